The third kappa shape index (κ3) is 7.50. The number of hydrogen-bond acceptors (Lipinski definition) is 2. The molecule has 3 rings (SSSR count). The molecule has 0 aromatic heterocycles. The molecule has 0 spiro atoms. The average Bonchev–Trinajstić information content (AvgIpc) is 2.76. The molecule has 3 atom stereocenters. The monoisotopic (exact) mass is 463 g/mol. The molecule has 1 N–H and O–H groups in total. The molecule has 1 aromatic rings. The Morgan fingerprint density at radius 1 is 1.12 bits per heavy atom. The van der Waals surface area contributed by atoms with Crippen molar-refractivity contribution >= 4 is 5.97 Å². The lowest BCUT2D eigenvalue weighted by Gasteiger charge is -2.43. The highest BCUT2D eigenvalue weighted by atomic mass is 19.4. The van der Waals surface area contributed by atoms with Gasteiger partial charge in [0.25, 0.3) is 0 Å². The number of halogens is 3. The van der Waals surface area contributed by atoms with Crippen molar-refractivity contribution in [1.29, 1.82) is 0 Å². The van der Waals surface area contributed by atoms with E-state index in [1.165, 1.54) is 19.3 Å². The Balaban J connectivity index is 1.88. The first-order valence-electron chi connectivity index (χ1n) is 12.3. The molecule has 0 unspecified atom stereocenters. The average molecular weight is 464 g/mol. The van der Waals surface area contributed by atoms with Crippen molar-refractivity contribution < 1.29 is 23.1 Å². The van der Waals surface area contributed by atoms with Gasteiger partial charge in [-0.2, -0.15) is 13.2 Å². The number of alkyl halides is 3. The fraction of sp³-hybridized carbons (Fsp3) is 0.667. The summed E-state index contributed by atoms with van der Waals surface area (Å²) in [5, 5.41) is 9.31. The van der Waals surface area contributed by atoms with Gasteiger partial charge in [0.05, 0.1) is 11.6 Å². The lowest BCUT2D eigenvalue weighted by molar-refractivity contribution is -0.139. The topological polar surface area (TPSA) is 40.5 Å². The summed E-state index contributed by atoms with van der Waals surface area (Å²) < 4.78 is 39.3. The second-order valence-electron chi connectivity index (χ2n) is 10.1. The van der Waals surface area contributed by atoms with Crippen LogP contribution in [0.1, 0.15) is 88.8 Å². The van der Waals surface area contributed by atoms with Crippen LogP contribution in [-0.2, 0) is 11.0 Å². The third-order valence-corrected chi connectivity index (χ3v) is 6.99. The molecule has 2 aliphatic rings. The van der Waals surface area contributed by atoms with E-state index in [9.17, 15) is 23.1 Å². The van der Waals surface area contributed by atoms with Crippen LogP contribution in [0, 0.1) is 29.6 Å². The van der Waals surface area contributed by atoms with Crippen molar-refractivity contribution in [2.45, 2.75) is 89.9 Å². The highest BCUT2D eigenvalue weighted by Gasteiger charge is 2.36. The molecule has 1 aromatic carbocycles. The lowest BCUT2D eigenvalue weighted by Crippen LogP contribution is -2.44. The van der Waals surface area contributed by atoms with Crippen molar-refractivity contribution in [3.05, 3.63) is 35.4 Å². The van der Waals surface area contributed by atoms with Gasteiger partial charge in [0.15, 0.2) is 0 Å². The number of carbonyl (C=O) groups is 1. The van der Waals surface area contributed by atoms with Crippen molar-refractivity contribution in [3.8, 4) is 11.8 Å². The number of carboxylic acids is 1. The van der Waals surface area contributed by atoms with Crippen LogP contribution in [0.15, 0.2) is 24.3 Å². The molecule has 1 saturated carbocycles. The number of likely N-dealkylation sites (tertiary alicyclic amines) is 1. The Morgan fingerprint density at radius 2 is 1.79 bits per heavy atom. The summed E-state index contributed by atoms with van der Waals surface area (Å²) in [6, 6.07) is 5.29. The minimum absolute atomic E-state index is 0.0112. The van der Waals surface area contributed by atoms with Gasteiger partial charge < -0.3 is 5.11 Å². The number of carboxylic acid groups (broad SMARTS) is 1. The highest BCUT2D eigenvalue weighted by molar-refractivity contribution is 5.67. The first-order valence-corrected chi connectivity index (χ1v) is 12.3. The van der Waals surface area contributed by atoms with E-state index >= 15 is 0 Å². The van der Waals surface area contributed by atoms with E-state index in [2.05, 4.69) is 30.6 Å². The maximum Gasteiger partial charge on any atom is 0.416 e. The van der Waals surface area contributed by atoms with E-state index in [0.29, 0.717) is 24.8 Å². The van der Waals surface area contributed by atoms with Gasteiger partial charge >= 0.3 is 12.1 Å². The number of benzene rings is 1. The zero-order chi connectivity index (χ0) is 24.0. The standard InChI is InChI=1S/C27H36F3NO2/c1-19(2)16-24(13-8-20-6-4-3-5-7-20)31-15-14-21(18-26(32)33)17-25(31)22-9-11-23(12-10-22)27(28,29)30/h9-12,19-21,24-25H,3-7,14-18H2,1-2H3,(H,32,33)/t21-,24-,25+/m1/s1. The van der Waals surface area contributed by atoms with E-state index in [-0.39, 0.29) is 24.4 Å². The summed E-state index contributed by atoms with van der Waals surface area (Å²) in [6.07, 6.45) is 4.01. The third-order valence-electron chi connectivity index (χ3n) is 6.99. The Kier molecular flexibility index (Phi) is 8.87. The molecule has 0 amide bonds. The lowest BCUT2D eigenvalue weighted by atomic mass is 9.83. The number of hydrogen-bond donors (Lipinski definition) is 1. The van der Waals surface area contributed by atoms with Gasteiger partial charge in [-0.1, -0.05) is 57.1 Å². The quantitative estimate of drug-likeness (QED) is 0.465. The molecule has 2 fully saturated rings. The van der Waals surface area contributed by atoms with E-state index in [1.54, 1.807) is 12.1 Å². The van der Waals surface area contributed by atoms with Crippen LogP contribution in [0.2, 0.25) is 0 Å². The first kappa shape index (κ1) is 25.6. The molecule has 0 radical (unpaired) electrons. The maximum absolute atomic E-state index is 13.1. The Labute approximate surface area is 195 Å². The molecule has 1 saturated heterocycles. The predicted molar refractivity (Wildman–Crippen MR) is 123 cm³/mol. The maximum atomic E-state index is 13.1. The number of rotatable bonds is 6. The van der Waals surface area contributed by atoms with Crippen LogP contribution < -0.4 is 0 Å². The number of nitrogens with zero attached hydrogens (tertiary/aromatic N) is 1. The Morgan fingerprint density at radius 3 is 2.36 bits per heavy atom. The van der Waals surface area contributed by atoms with Crippen molar-refractivity contribution in [2.24, 2.45) is 17.8 Å². The molecule has 3 nitrogen and oxygen atoms in total. The predicted octanol–water partition coefficient (Wildman–Crippen LogP) is 6.93. The zero-order valence-electron chi connectivity index (χ0n) is 19.7. The van der Waals surface area contributed by atoms with Gasteiger partial charge in [0.2, 0.25) is 0 Å². The Bertz CT molecular complexity index is 832. The highest BCUT2D eigenvalue weighted by Crippen LogP contribution is 2.39. The van der Waals surface area contributed by atoms with Crippen molar-refractivity contribution in [3.63, 3.8) is 0 Å². The van der Waals surface area contributed by atoms with Crippen molar-refractivity contribution in [1.82, 2.24) is 4.90 Å². The molecule has 6 heteroatoms. The van der Waals surface area contributed by atoms with Crippen LogP contribution in [0.3, 0.4) is 0 Å². The van der Waals surface area contributed by atoms with E-state index in [4.69, 9.17) is 0 Å². The summed E-state index contributed by atoms with van der Waals surface area (Å²) in [4.78, 5) is 13.7. The fourth-order valence-electron chi connectivity index (χ4n) is 5.27. The molecule has 33 heavy (non-hydrogen) atoms. The number of aliphatic carboxylic acids is 1. The molecule has 1 aliphatic carbocycles. The smallest absolute Gasteiger partial charge is 0.416 e. The largest absolute Gasteiger partial charge is 0.481 e. The van der Waals surface area contributed by atoms with Gasteiger partial charge in [-0.25, -0.2) is 0 Å². The summed E-state index contributed by atoms with van der Waals surface area (Å²) in [7, 11) is 0. The van der Waals surface area contributed by atoms with E-state index in [0.717, 1.165) is 43.4 Å². The van der Waals surface area contributed by atoms with E-state index < -0.39 is 17.7 Å². The van der Waals surface area contributed by atoms with Gasteiger partial charge in [-0.05, 0) is 61.6 Å². The van der Waals surface area contributed by atoms with Crippen LogP contribution >= 0.6 is 0 Å². The SMILES string of the molecule is CC(C)C[C@@H](C#CC1CCCCC1)N1CC[C@@H](CC(=O)O)C[C@H]1c1ccc(C(F)(F)F)cc1. The minimum atomic E-state index is -4.37. The number of piperidine rings is 1. The summed E-state index contributed by atoms with van der Waals surface area (Å²) >= 11 is 0. The normalized spacial score (nSPS) is 23.7. The van der Waals surface area contributed by atoms with Gasteiger partial charge in [0, 0.05) is 24.9 Å². The van der Waals surface area contributed by atoms with E-state index in [1.807, 2.05) is 0 Å². The molecule has 1 heterocycles. The Hall–Kier alpha value is -2.00. The first-order chi connectivity index (χ1) is 15.6. The summed E-state index contributed by atoms with van der Waals surface area (Å²) in [5.74, 6) is 7.15. The van der Waals surface area contributed by atoms with Crippen LogP contribution in [-0.4, -0.2) is 28.6 Å². The molecule has 0 bridgehead atoms. The van der Waals surface area contributed by atoms with Crippen molar-refractivity contribution in [2.75, 3.05) is 6.54 Å². The van der Waals surface area contributed by atoms with Crippen LogP contribution in [0.25, 0.3) is 0 Å². The van der Waals surface area contributed by atoms with Crippen LogP contribution in [0.4, 0.5) is 13.2 Å². The van der Waals surface area contributed by atoms with Crippen LogP contribution in [0.5, 0.6) is 0 Å². The minimum Gasteiger partial charge on any atom is -0.481 e. The summed E-state index contributed by atoms with van der Waals surface area (Å²) in [5.41, 5.74) is 0.151. The van der Waals surface area contributed by atoms with Gasteiger partial charge in [0.1, 0.15) is 0 Å². The molecule has 182 valence electrons. The second-order valence-corrected chi connectivity index (χ2v) is 10.1. The van der Waals surface area contributed by atoms with Gasteiger partial charge in [-0.15, -0.1) is 0 Å². The zero-order valence-corrected chi connectivity index (χ0v) is 19.7. The summed E-state index contributed by atoms with van der Waals surface area (Å²) in [6.45, 7) is 5.04. The second kappa shape index (κ2) is 11.4. The molecule has 1 aliphatic heterocycles. The fourth-order valence-corrected chi connectivity index (χ4v) is 5.27. The molecular weight excluding hydrogens is 427 g/mol. The van der Waals surface area contributed by atoms with Gasteiger partial charge in [-0.3, -0.25) is 9.69 Å². The molecular formula is C27H36F3NO2.